The number of hydrogen-bond donors (Lipinski definition) is 4. The number of carbonyl (C=O) groups is 2. The minimum atomic E-state index is -0.604. The first kappa shape index (κ1) is 16.4. The SMILES string of the molecule is O=C1NCC(C(=O)N[C@@H](c2ccc(Cl)cc2)c2ccc3cn[nH]c3c2)N1. The van der Waals surface area contributed by atoms with Crippen LogP contribution in [0, 0.1) is 0 Å². The lowest BCUT2D eigenvalue weighted by Gasteiger charge is -2.22. The molecule has 0 spiro atoms. The predicted molar refractivity (Wildman–Crippen MR) is 97.9 cm³/mol. The van der Waals surface area contributed by atoms with E-state index in [0.29, 0.717) is 5.02 Å². The van der Waals surface area contributed by atoms with Gasteiger partial charge in [-0.1, -0.05) is 35.9 Å². The van der Waals surface area contributed by atoms with Crippen LogP contribution in [0.1, 0.15) is 17.2 Å². The number of H-pyrrole nitrogens is 1. The van der Waals surface area contributed by atoms with E-state index in [-0.39, 0.29) is 24.5 Å². The maximum absolute atomic E-state index is 12.6. The first-order valence-electron chi connectivity index (χ1n) is 8.13. The minimum absolute atomic E-state index is 0.256. The lowest BCUT2D eigenvalue weighted by Crippen LogP contribution is -2.44. The normalized spacial score (nSPS) is 17.6. The minimum Gasteiger partial charge on any atom is -0.343 e. The van der Waals surface area contributed by atoms with Crippen LogP contribution in [0.25, 0.3) is 10.9 Å². The molecule has 7 nitrogen and oxygen atoms in total. The molecule has 1 aromatic heterocycles. The second-order valence-corrected chi connectivity index (χ2v) is 6.55. The standard InChI is InChI=1S/C18H16ClN5O2/c19-13-5-3-10(4-6-13)16(23-17(25)15-9-20-18(26)22-15)11-1-2-12-8-21-24-14(12)7-11/h1-8,15-16H,9H2,(H,21,24)(H,23,25)(H2,20,22,26)/t15?,16-/m0/s1. The number of urea groups is 1. The Labute approximate surface area is 154 Å². The summed E-state index contributed by atoms with van der Waals surface area (Å²) < 4.78 is 0. The molecule has 4 rings (SSSR count). The molecule has 1 aliphatic rings. The molecule has 1 unspecified atom stereocenters. The van der Waals surface area contributed by atoms with E-state index in [4.69, 9.17) is 11.6 Å². The Bertz CT molecular complexity index is 969. The molecule has 1 aliphatic heterocycles. The summed E-state index contributed by atoms with van der Waals surface area (Å²) in [6.07, 6.45) is 1.74. The molecule has 0 radical (unpaired) electrons. The first-order chi connectivity index (χ1) is 12.6. The lowest BCUT2D eigenvalue weighted by atomic mass is 9.97. The highest BCUT2D eigenvalue weighted by atomic mass is 35.5. The van der Waals surface area contributed by atoms with E-state index in [1.165, 1.54) is 0 Å². The van der Waals surface area contributed by atoms with Gasteiger partial charge < -0.3 is 16.0 Å². The van der Waals surface area contributed by atoms with Crippen molar-refractivity contribution in [2.75, 3.05) is 6.54 Å². The van der Waals surface area contributed by atoms with Gasteiger partial charge in [0.25, 0.3) is 0 Å². The third kappa shape index (κ3) is 3.21. The van der Waals surface area contributed by atoms with E-state index in [1.54, 1.807) is 18.3 Å². The highest BCUT2D eigenvalue weighted by molar-refractivity contribution is 6.30. The van der Waals surface area contributed by atoms with Crippen molar-refractivity contribution in [3.63, 3.8) is 0 Å². The van der Waals surface area contributed by atoms with E-state index in [0.717, 1.165) is 22.0 Å². The first-order valence-corrected chi connectivity index (χ1v) is 8.51. The number of benzene rings is 2. The molecule has 0 saturated carbocycles. The Morgan fingerprint density at radius 3 is 2.69 bits per heavy atom. The van der Waals surface area contributed by atoms with Crippen molar-refractivity contribution in [3.8, 4) is 0 Å². The smallest absolute Gasteiger partial charge is 0.315 e. The van der Waals surface area contributed by atoms with Gasteiger partial charge in [0.05, 0.1) is 17.8 Å². The van der Waals surface area contributed by atoms with E-state index < -0.39 is 6.04 Å². The van der Waals surface area contributed by atoms with Crippen LogP contribution in [0.2, 0.25) is 5.02 Å². The van der Waals surface area contributed by atoms with Crippen molar-refractivity contribution >= 4 is 34.4 Å². The summed E-state index contributed by atoms with van der Waals surface area (Å²) in [4.78, 5) is 23.9. The number of carbonyl (C=O) groups excluding carboxylic acids is 2. The van der Waals surface area contributed by atoms with Crippen molar-refractivity contribution in [2.24, 2.45) is 0 Å². The second-order valence-electron chi connectivity index (χ2n) is 6.12. The Hall–Kier alpha value is -3.06. The maximum atomic E-state index is 12.6. The number of aromatic amines is 1. The molecule has 3 amide bonds. The third-order valence-electron chi connectivity index (χ3n) is 4.38. The highest BCUT2D eigenvalue weighted by Gasteiger charge is 2.29. The summed E-state index contributed by atoms with van der Waals surface area (Å²) in [7, 11) is 0. The van der Waals surface area contributed by atoms with Crippen LogP contribution in [-0.2, 0) is 4.79 Å². The van der Waals surface area contributed by atoms with Crippen LogP contribution in [0.15, 0.2) is 48.7 Å². The summed E-state index contributed by atoms with van der Waals surface area (Å²) >= 11 is 5.99. The largest absolute Gasteiger partial charge is 0.343 e. The van der Waals surface area contributed by atoms with Gasteiger partial charge in [-0.25, -0.2) is 4.79 Å². The number of nitrogens with zero attached hydrogens (tertiary/aromatic N) is 1. The molecule has 2 heterocycles. The van der Waals surface area contributed by atoms with E-state index >= 15 is 0 Å². The third-order valence-corrected chi connectivity index (χ3v) is 4.63. The Kier molecular flexibility index (Phi) is 4.22. The topological polar surface area (TPSA) is 98.9 Å². The van der Waals surface area contributed by atoms with Crippen molar-refractivity contribution in [2.45, 2.75) is 12.1 Å². The monoisotopic (exact) mass is 369 g/mol. The van der Waals surface area contributed by atoms with Crippen LogP contribution in [0.4, 0.5) is 4.79 Å². The van der Waals surface area contributed by atoms with Gasteiger partial charge in [-0.2, -0.15) is 5.10 Å². The number of hydrogen-bond acceptors (Lipinski definition) is 3. The van der Waals surface area contributed by atoms with Gasteiger partial charge in [0.2, 0.25) is 5.91 Å². The molecule has 2 aromatic carbocycles. The van der Waals surface area contributed by atoms with Gasteiger partial charge in [0.1, 0.15) is 6.04 Å². The van der Waals surface area contributed by atoms with Crippen LogP contribution in [0.5, 0.6) is 0 Å². The molecule has 1 fully saturated rings. The second kappa shape index (κ2) is 6.68. The molecule has 1 saturated heterocycles. The van der Waals surface area contributed by atoms with Crippen molar-refractivity contribution in [1.82, 2.24) is 26.1 Å². The van der Waals surface area contributed by atoms with Gasteiger partial charge >= 0.3 is 6.03 Å². The van der Waals surface area contributed by atoms with Gasteiger partial charge in [-0.15, -0.1) is 0 Å². The van der Waals surface area contributed by atoms with Crippen LogP contribution in [-0.4, -0.2) is 34.7 Å². The summed E-state index contributed by atoms with van der Waals surface area (Å²) in [5, 5.41) is 16.8. The Balaban J connectivity index is 1.67. The summed E-state index contributed by atoms with van der Waals surface area (Å²) in [6.45, 7) is 0.261. The predicted octanol–water partition coefficient (Wildman–Crippen LogP) is 2.10. The zero-order valence-corrected chi connectivity index (χ0v) is 14.4. The number of halogens is 1. The molecule has 4 N–H and O–H groups in total. The van der Waals surface area contributed by atoms with Gasteiger partial charge in [-0.3, -0.25) is 9.89 Å². The van der Waals surface area contributed by atoms with Gasteiger partial charge in [0.15, 0.2) is 0 Å². The molecule has 3 aromatic rings. The number of aromatic nitrogens is 2. The molecule has 8 heteroatoms. The average Bonchev–Trinajstić information content (AvgIpc) is 3.28. The number of nitrogens with one attached hydrogen (secondary N) is 4. The van der Waals surface area contributed by atoms with Crippen molar-refractivity contribution < 1.29 is 9.59 Å². The Morgan fingerprint density at radius 1 is 1.19 bits per heavy atom. The lowest BCUT2D eigenvalue weighted by molar-refractivity contribution is -0.122. The summed E-state index contributed by atoms with van der Waals surface area (Å²) in [5.41, 5.74) is 2.67. The highest BCUT2D eigenvalue weighted by Crippen LogP contribution is 2.26. The Morgan fingerprint density at radius 2 is 1.96 bits per heavy atom. The van der Waals surface area contributed by atoms with Crippen LogP contribution < -0.4 is 16.0 Å². The summed E-state index contributed by atoms with van der Waals surface area (Å²) in [5.74, 6) is -0.256. The fourth-order valence-corrected chi connectivity index (χ4v) is 3.13. The fraction of sp³-hybridized carbons (Fsp3) is 0.167. The number of rotatable bonds is 4. The molecule has 26 heavy (non-hydrogen) atoms. The molecule has 2 atom stereocenters. The zero-order chi connectivity index (χ0) is 18.1. The molecule has 0 bridgehead atoms. The van der Waals surface area contributed by atoms with E-state index in [9.17, 15) is 9.59 Å². The average molecular weight is 370 g/mol. The zero-order valence-electron chi connectivity index (χ0n) is 13.6. The molecular weight excluding hydrogens is 354 g/mol. The van der Waals surface area contributed by atoms with Crippen LogP contribution in [0.3, 0.4) is 0 Å². The quantitative estimate of drug-likeness (QED) is 0.566. The molecule has 0 aliphatic carbocycles. The summed E-state index contributed by atoms with van der Waals surface area (Å²) in [6, 6.07) is 11.8. The van der Waals surface area contributed by atoms with Crippen molar-refractivity contribution in [1.29, 1.82) is 0 Å². The number of fused-ring (bicyclic) bond motifs is 1. The van der Waals surface area contributed by atoms with Gasteiger partial charge in [0, 0.05) is 17.0 Å². The van der Waals surface area contributed by atoms with Crippen LogP contribution >= 0.6 is 11.6 Å². The van der Waals surface area contributed by atoms with E-state index in [1.807, 2.05) is 30.3 Å². The fourth-order valence-electron chi connectivity index (χ4n) is 3.00. The molecular formula is C18H16ClN5O2. The van der Waals surface area contributed by atoms with Crippen molar-refractivity contribution in [3.05, 3.63) is 64.8 Å². The molecule has 132 valence electrons. The number of amides is 3. The van der Waals surface area contributed by atoms with E-state index in [2.05, 4.69) is 26.1 Å². The van der Waals surface area contributed by atoms with Gasteiger partial charge in [-0.05, 0) is 29.3 Å². The maximum Gasteiger partial charge on any atom is 0.315 e.